The molecule has 0 amide bonds. The topological polar surface area (TPSA) is 0 Å². The van der Waals surface area contributed by atoms with Crippen molar-refractivity contribution in [3.8, 4) is 0 Å². The monoisotopic (exact) mass is 1310 g/mol. The van der Waals surface area contributed by atoms with Gasteiger partial charge in [-0.05, 0) is 102 Å². The average Bonchev–Trinajstić information content (AvgIpc) is 3.24. The predicted molar refractivity (Wildman–Crippen MR) is 354 cm³/mol. The van der Waals surface area contributed by atoms with Crippen LogP contribution in [0.15, 0.2) is 0 Å². The highest BCUT2D eigenvalue weighted by Gasteiger charge is 2.55. The average molecular weight is 1310 g/mol. The second-order valence-electron chi connectivity index (χ2n) is 36.4. The Hall–Kier alpha value is -1.05. The summed E-state index contributed by atoms with van der Waals surface area (Å²) in [4.78, 5) is 0. The summed E-state index contributed by atoms with van der Waals surface area (Å²) in [5, 5.41) is 0. The molecule has 544 valence electrons. The van der Waals surface area contributed by atoms with Gasteiger partial charge in [-0.1, -0.05) is 312 Å². The molecular formula is C73H147F15. The molecular weight excluding hydrogens is 1160 g/mol. The molecule has 0 nitrogen and oxygen atoms in total. The lowest BCUT2D eigenvalue weighted by atomic mass is 9.56. The third-order valence-electron chi connectivity index (χ3n) is 23.0. The van der Waals surface area contributed by atoms with E-state index < -0.39 is 76.2 Å². The predicted octanol–water partition coefficient (Wildman–Crippen LogP) is 29.8. The van der Waals surface area contributed by atoms with Crippen molar-refractivity contribution in [3.63, 3.8) is 0 Å². The number of halogens is 15. The largest absolute Gasteiger partial charge is 0.394 e. The Morgan fingerprint density at radius 1 is 0.216 bits per heavy atom. The van der Waals surface area contributed by atoms with Gasteiger partial charge in [0.1, 0.15) is 0 Å². The van der Waals surface area contributed by atoms with Gasteiger partial charge in [-0.3, -0.25) is 0 Å². The van der Waals surface area contributed by atoms with Gasteiger partial charge in [-0.15, -0.1) is 0 Å². The van der Waals surface area contributed by atoms with Crippen LogP contribution in [0, 0.1) is 131 Å². The van der Waals surface area contributed by atoms with Crippen molar-refractivity contribution in [1.82, 2.24) is 0 Å². The second-order valence-corrected chi connectivity index (χ2v) is 36.4. The van der Waals surface area contributed by atoms with Crippen LogP contribution in [-0.2, 0) is 0 Å². The van der Waals surface area contributed by atoms with Gasteiger partial charge in [-0.25, -0.2) is 0 Å². The van der Waals surface area contributed by atoms with Gasteiger partial charge < -0.3 is 0 Å². The van der Waals surface area contributed by atoms with E-state index in [1.807, 2.05) is 62.3 Å². The molecule has 0 heterocycles. The van der Waals surface area contributed by atoms with E-state index >= 15 is 0 Å². The van der Waals surface area contributed by atoms with Crippen molar-refractivity contribution in [3.05, 3.63) is 0 Å². The Balaban J connectivity index is -0.000000139. The molecule has 0 aliphatic heterocycles. The fraction of sp³-hybridized carbons (Fsp3) is 1.00. The molecule has 15 heteroatoms. The maximum atomic E-state index is 12.6. The highest BCUT2D eigenvalue weighted by atomic mass is 19.4. The van der Waals surface area contributed by atoms with E-state index in [1.54, 1.807) is 55.4 Å². The number of hydrogen-bond acceptors (Lipinski definition) is 0. The van der Waals surface area contributed by atoms with E-state index in [1.165, 1.54) is 48.5 Å². The third kappa shape index (κ3) is 37.1. The first-order valence-electron chi connectivity index (χ1n) is 32.4. The van der Waals surface area contributed by atoms with Crippen molar-refractivity contribution in [1.29, 1.82) is 0 Å². The summed E-state index contributed by atoms with van der Waals surface area (Å²) in [6, 6.07) is 0. The first kappa shape index (κ1) is 103. The molecule has 0 saturated carbocycles. The standard InChI is InChI=1S/C11H24.C10H19F3.C10H22.C9H17F3.C9H20.3C8H15F3/c1-9(2,3)11(7,8)10(4,5)6;1-7(8(2,3)4)9(5,6)10(11,12)13;1-8(2)10(6,7)9(3,4)5;1-6(2)8(4,5)7(3)9(10,11)12;1-7(2)8(3)9(4,5)6;1-6(2,3)7(4,5)8(9,10)11;2*1-5(2)6(3)7(4)8(9,10)11/h1-8H3;7H,1-6H3;8H,1-7H3;6-7H,1-5H3;7-8H,1-6H3;1-5H3;2*5-7H,1-4H3/t;7-;;;8-;;2*6-,7?/m.1..1.11/s1. The minimum atomic E-state index is -4.13. The SMILES string of the molecule is CC(C)(C)C(C)(C)C(C)(C)C.CC(C)(C)C(C)(C)C(F)(F)F.CC(C)C(C)(C)C(C)(C)C.CC(C)C(C)(C)C(C)C(F)(F)F.CC(C)[C@@H](C)C(C)(C)C.CC(C)[C@@H](C)C(C)C(F)(F)F.CC(C)[C@@H](C)C(C)C(F)(F)F.C[C@H](C(C)(C)C)C(C)(C)C(F)(F)F. The first-order chi connectivity index (χ1) is 37.1. The highest BCUT2D eigenvalue weighted by Crippen LogP contribution is 2.53. The van der Waals surface area contributed by atoms with E-state index in [-0.39, 0.29) is 35.0 Å². The Morgan fingerprint density at radius 3 is 0.500 bits per heavy atom. The van der Waals surface area contributed by atoms with Crippen LogP contribution < -0.4 is 0 Å². The zero-order chi connectivity index (χ0) is 74.9. The molecule has 0 aliphatic carbocycles. The van der Waals surface area contributed by atoms with Crippen LogP contribution in [0.1, 0.15) is 312 Å². The number of alkyl halides is 15. The summed E-state index contributed by atoms with van der Waals surface area (Å²) in [5.41, 5.74) is -2.52. The third-order valence-corrected chi connectivity index (χ3v) is 23.0. The van der Waals surface area contributed by atoms with Crippen LogP contribution in [0.5, 0.6) is 0 Å². The van der Waals surface area contributed by atoms with Gasteiger partial charge in [0.05, 0.1) is 28.6 Å². The molecule has 3 unspecified atom stereocenters. The summed E-state index contributed by atoms with van der Waals surface area (Å²) in [6.07, 6.45) is -20.4. The second kappa shape index (κ2) is 36.2. The fourth-order valence-corrected chi connectivity index (χ4v) is 7.42. The summed E-state index contributed by atoms with van der Waals surface area (Å²) in [7, 11) is 0. The first-order valence-corrected chi connectivity index (χ1v) is 32.4. The lowest BCUT2D eigenvalue weighted by Crippen LogP contribution is -2.43. The summed E-state index contributed by atoms with van der Waals surface area (Å²) >= 11 is 0. The van der Waals surface area contributed by atoms with Gasteiger partial charge in [0.15, 0.2) is 0 Å². The molecule has 0 rings (SSSR count). The van der Waals surface area contributed by atoms with Crippen LogP contribution in [0.25, 0.3) is 0 Å². The molecule has 0 aromatic rings. The Morgan fingerprint density at radius 2 is 0.466 bits per heavy atom. The Labute approximate surface area is 537 Å². The molecule has 7 atom stereocenters. The van der Waals surface area contributed by atoms with E-state index in [9.17, 15) is 65.9 Å². The molecule has 0 bridgehead atoms. The van der Waals surface area contributed by atoms with E-state index in [0.29, 0.717) is 32.5 Å². The normalized spacial score (nSPS) is 16.6. The molecule has 0 radical (unpaired) electrons. The lowest BCUT2D eigenvalue weighted by molar-refractivity contribution is -0.243. The maximum Gasteiger partial charge on any atom is 0.394 e. The summed E-state index contributed by atoms with van der Waals surface area (Å²) < 4.78 is 184. The molecule has 0 aromatic heterocycles. The molecule has 88 heavy (non-hydrogen) atoms. The summed E-state index contributed by atoms with van der Waals surface area (Å²) in [5.74, 6) is -2.03. The number of hydrogen-bond donors (Lipinski definition) is 0. The van der Waals surface area contributed by atoms with E-state index in [0.717, 1.165) is 17.8 Å². The van der Waals surface area contributed by atoms with Crippen LogP contribution >= 0.6 is 0 Å². The molecule has 0 saturated heterocycles. The molecule has 0 aromatic carbocycles. The van der Waals surface area contributed by atoms with Crippen LogP contribution in [-0.4, -0.2) is 30.9 Å². The van der Waals surface area contributed by atoms with Gasteiger partial charge in [0, 0.05) is 0 Å². The molecule has 0 spiro atoms. The summed E-state index contributed by atoms with van der Waals surface area (Å²) in [6.45, 7) is 86.8. The van der Waals surface area contributed by atoms with Gasteiger partial charge in [-0.2, -0.15) is 65.9 Å². The van der Waals surface area contributed by atoms with Gasteiger partial charge in [0.25, 0.3) is 0 Å². The minimum absolute atomic E-state index is 0.0362. The zero-order valence-electron chi connectivity index (χ0n) is 65.6. The van der Waals surface area contributed by atoms with E-state index in [2.05, 4.69) is 145 Å². The zero-order valence-corrected chi connectivity index (χ0v) is 65.6. The Kier molecular flexibility index (Phi) is 42.4. The van der Waals surface area contributed by atoms with Crippen molar-refractivity contribution < 1.29 is 65.9 Å². The van der Waals surface area contributed by atoms with Crippen LogP contribution in [0.2, 0.25) is 0 Å². The lowest BCUT2D eigenvalue weighted by Gasteiger charge is -2.49. The smallest absolute Gasteiger partial charge is 0.171 e. The van der Waals surface area contributed by atoms with Crippen molar-refractivity contribution in [2.24, 2.45) is 131 Å². The highest BCUT2D eigenvalue weighted by molar-refractivity contribution is 4.92. The van der Waals surface area contributed by atoms with Gasteiger partial charge in [0.2, 0.25) is 0 Å². The van der Waals surface area contributed by atoms with Crippen molar-refractivity contribution in [2.75, 3.05) is 0 Å². The van der Waals surface area contributed by atoms with Crippen LogP contribution in [0.4, 0.5) is 65.9 Å². The quantitative estimate of drug-likeness (QED) is 0.202. The number of rotatable bonds is 9. The minimum Gasteiger partial charge on any atom is -0.171 e. The Bertz CT molecular complexity index is 1690. The molecule has 0 fully saturated rings. The fourth-order valence-electron chi connectivity index (χ4n) is 7.42. The molecule has 0 aliphatic rings. The molecule has 0 N–H and O–H groups in total. The van der Waals surface area contributed by atoms with Crippen molar-refractivity contribution >= 4 is 0 Å². The van der Waals surface area contributed by atoms with Gasteiger partial charge >= 0.3 is 30.9 Å². The van der Waals surface area contributed by atoms with Crippen molar-refractivity contribution in [2.45, 2.75) is 342 Å². The van der Waals surface area contributed by atoms with E-state index in [4.69, 9.17) is 0 Å². The maximum absolute atomic E-state index is 12.6. The van der Waals surface area contributed by atoms with Crippen LogP contribution in [0.3, 0.4) is 0 Å².